The molecule has 1 amide bonds. The van der Waals surface area contributed by atoms with Gasteiger partial charge in [-0.25, -0.2) is 4.98 Å². The van der Waals surface area contributed by atoms with E-state index in [9.17, 15) is 4.79 Å². The highest BCUT2D eigenvalue weighted by atomic mass is 32.1. The maximum atomic E-state index is 12.5. The Hall–Kier alpha value is -3.18. The van der Waals surface area contributed by atoms with Crippen molar-refractivity contribution in [1.82, 2.24) is 4.98 Å². The number of carbonyl (C=O) groups excluding carboxylic acids is 1. The quantitative estimate of drug-likeness (QED) is 0.351. The molecule has 4 rings (SSSR count). The summed E-state index contributed by atoms with van der Waals surface area (Å²) in [6, 6.07) is 22.0. The minimum absolute atomic E-state index is 0.0342. The van der Waals surface area contributed by atoms with Gasteiger partial charge in [-0.05, 0) is 60.7 Å². The number of nitrogens with zero attached hydrogens (tertiary/aromatic N) is 1. The molecule has 0 aliphatic heterocycles. The Balaban J connectivity index is 1.43. The van der Waals surface area contributed by atoms with Crippen LogP contribution in [-0.4, -0.2) is 17.5 Å². The molecular weight excluding hydrogens is 404 g/mol. The number of hydrogen-bond donors (Lipinski definition) is 1. The standard InChI is InChI=1S/C26H26N2O2S/c1-4-17(2)19-12-14-20(15-13-19)30-16-25(29)27-22-10-7-8-21(18(22)3)26-28-23-9-5-6-11-24(23)31-26/h5-15,17H,4,16H2,1-3H3,(H,27,29)/t17-/m1/s1. The van der Waals surface area contributed by atoms with E-state index in [4.69, 9.17) is 9.72 Å². The van der Waals surface area contributed by atoms with Gasteiger partial charge in [0.05, 0.1) is 10.2 Å². The minimum Gasteiger partial charge on any atom is -0.484 e. The van der Waals surface area contributed by atoms with Gasteiger partial charge in [0.25, 0.3) is 5.91 Å². The molecule has 0 spiro atoms. The van der Waals surface area contributed by atoms with Crippen LogP contribution >= 0.6 is 11.3 Å². The summed E-state index contributed by atoms with van der Waals surface area (Å²) < 4.78 is 6.83. The van der Waals surface area contributed by atoms with E-state index in [1.807, 2.05) is 55.5 Å². The maximum absolute atomic E-state index is 12.5. The fourth-order valence-electron chi connectivity index (χ4n) is 3.45. The molecular formula is C26H26N2O2S. The first-order valence-corrected chi connectivity index (χ1v) is 11.3. The summed E-state index contributed by atoms with van der Waals surface area (Å²) in [7, 11) is 0. The summed E-state index contributed by atoms with van der Waals surface area (Å²) in [6.45, 7) is 6.35. The number of aromatic nitrogens is 1. The molecule has 5 heteroatoms. The topological polar surface area (TPSA) is 51.2 Å². The molecule has 0 aliphatic rings. The van der Waals surface area contributed by atoms with Crippen LogP contribution in [-0.2, 0) is 4.79 Å². The lowest BCUT2D eigenvalue weighted by atomic mass is 9.99. The van der Waals surface area contributed by atoms with Crippen LogP contribution in [0.25, 0.3) is 20.8 Å². The number of amides is 1. The van der Waals surface area contributed by atoms with Crippen LogP contribution in [0.4, 0.5) is 5.69 Å². The zero-order valence-corrected chi connectivity index (χ0v) is 18.8. The van der Waals surface area contributed by atoms with Gasteiger partial charge in [-0.3, -0.25) is 4.79 Å². The van der Waals surface area contributed by atoms with E-state index in [1.165, 1.54) is 5.56 Å². The van der Waals surface area contributed by atoms with Crippen LogP contribution in [0.1, 0.15) is 37.3 Å². The van der Waals surface area contributed by atoms with Gasteiger partial charge in [0, 0.05) is 11.3 Å². The molecule has 0 unspecified atom stereocenters. The summed E-state index contributed by atoms with van der Waals surface area (Å²) in [5.74, 6) is 1.03. The number of benzene rings is 3. The molecule has 0 fully saturated rings. The van der Waals surface area contributed by atoms with Gasteiger partial charge in [0.2, 0.25) is 0 Å². The van der Waals surface area contributed by atoms with Crippen LogP contribution in [0.5, 0.6) is 5.75 Å². The molecule has 3 aromatic carbocycles. The van der Waals surface area contributed by atoms with Crippen LogP contribution in [0.15, 0.2) is 66.7 Å². The molecule has 4 nitrogen and oxygen atoms in total. The first kappa shape index (κ1) is 21.1. The maximum Gasteiger partial charge on any atom is 0.262 e. The van der Waals surface area contributed by atoms with Crippen molar-refractivity contribution in [3.05, 3.63) is 77.9 Å². The lowest BCUT2D eigenvalue weighted by Gasteiger charge is -2.13. The summed E-state index contributed by atoms with van der Waals surface area (Å²) in [6.07, 6.45) is 1.10. The van der Waals surface area contributed by atoms with E-state index in [0.29, 0.717) is 11.7 Å². The largest absolute Gasteiger partial charge is 0.484 e. The molecule has 1 atom stereocenters. The number of hydrogen-bond acceptors (Lipinski definition) is 4. The average Bonchev–Trinajstić information content (AvgIpc) is 3.23. The monoisotopic (exact) mass is 430 g/mol. The predicted molar refractivity (Wildman–Crippen MR) is 129 cm³/mol. The van der Waals surface area contributed by atoms with E-state index in [-0.39, 0.29) is 12.5 Å². The number of ether oxygens (including phenoxy) is 1. The molecule has 0 bridgehead atoms. The van der Waals surface area contributed by atoms with Gasteiger partial charge < -0.3 is 10.1 Å². The summed E-state index contributed by atoms with van der Waals surface area (Å²) in [5.41, 5.74) is 5.07. The van der Waals surface area contributed by atoms with Gasteiger partial charge in [0.1, 0.15) is 10.8 Å². The van der Waals surface area contributed by atoms with Crippen molar-refractivity contribution in [2.75, 3.05) is 11.9 Å². The Morgan fingerprint density at radius 1 is 1.06 bits per heavy atom. The molecule has 0 aliphatic carbocycles. The van der Waals surface area contributed by atoms with Crippen molar-refractivity contribution in [3.8, 4) is 16.3 Å². The fraction of sp³-hybridized carbons (Fsp3) is 0.231. The minimum atomic E-state index is -0.185. The summed E-state index contributed by atoms with van der Waals surface area (Å²) >= 11 is 1.66. The molecule has 1 aromatic heterocycles. The number of thiazole rings is 1. The van der Waals surface area contributed by atoms with Crippen molar-refractivity contribution >= 4 is 33.1 Å². The van der Waals surface area contributed by atoms with E-state index >= 15 is 0 Å². The SMILES string of the molecule is CC[C@@H](C)c1ccc(OCC(=O)Nc2cccc(-c3nc4ccccc4s3)c2C)cc1. The van der Waals surface area contributed by atoms with E-state index in [1.54, 1.807) is 11.3 Å². The lowest BCUT2D eigenvalue weighted by Crippen LogP contribution is -2.20. The van der Waals surface area contributed by atoms with Crippen LogP contribution in [0, 0.1) is 6.92 Å². The fourth-order valence-corrected chi connectivity index (χ4v) is 4.50. The molecule has 1 heterocycles. The van der Waals surface area contributed by atoms with Gasteiger partial charge in [-0.1, -0.05) is 50.2 Å². The highest BCUT2D eigenvalue weighted by Crippen LogP contribution is 2.34. The Labute approximate surface area is 186 Å². The van der Waals surface area contributed by atoms with E-state index in [2.05, 4.69) is 37.4 Å². The van der Waals surface area contributed by atoms with Gasteiger partial charge in [0.15, 0.2) is 6.61 Å². The lowest BCUT2D eigenvalue weighted by molar-refractivity contribution is -0.118. The smallest absolute Gasteiger partial charge is 0.262 e. The Morgan fingerprint density at radius 2 is 1.84 bits per heavy atom. The number of nitrogens with one attached hydrogen (secondary N) is 1. The van der Waals surface area contributed by atoms with Crippen LogP contribution < -0.4 is 10.1 Å². The number of rotatable bonds is 7. The molecule has 158 valence electrons. The normalized spacial score (nSPS) is 12.0. The van der Waals surface area contributed by atoms with Gasteiger partial charge in [-0.2, -0.15) is 0 Å². The summed E-state index contributed by atoms with van der Waals surface area (Å²) in [4.78, 5) is 17.2. The first-order valence-electron chi connectivity index (χ1n) is 10.5. The third kappa shape index (κ3) is 4.78. The second-order valence-corrected chi connectivity index (χ2v) is 8.71. The third-order valence-corrected chi connectivity index (χ3v) is 6.63. The summed E-state index contributed by atoms with van der Waals surface area (Å²) in [5, 5.41) is 3.93. The van der Waals surface area contributed by atoms with Crippen molar-refractivity contribution < 1.29 is 9.53 Å². The van der Waals surface area contributed by atoms with Crippen LogP contribution in [0.3, 0.4) is 0 Å². The molecule has 0 saturated heterocycles. The molecule has 1 N–H and O–H groups in total. The number of para-hydroxylation sites is 1. The van der Waals surface area contributed by atoms with E-state index < -0.39 is 0 Å². The Morgan fingerprint density at radius 3 is 2.58 bits per heavy atom. The highest BCUT2D eigenvalue weighted by Gasteiger charge is 2.13. The second-order valence-electron chi connectivity index (χ2n) is 7.68. The molecule has 4 aromatic rings. The predicted octanol–water partition coefficient (Wildman–Crippen LogP) is 6.80. The first-order chi connectivity index (χ1) is 15.0. The van der Waals surface area contributed by atoms with Gasteiger partial charge in [-0.15, -0.1) is 11.3 Å². The average molecular weight is 431 g/mol. The van der Waals surface area contributed by atoms with Crippen LogP contribution in [0.2, 0.25) is 0 Å². The van der Waals surface area contributed by atoms with Crippen molar-refractivity contribution in [2.24, 2.45) is 0 Å². The second kappa shape index (κ2) is 9.31. The highest BCUT2D eigenvalue weighted by molar-refractivity contribution is 7.21. The molecule has 0 radical (unpaired) electrons. The number of carbonyl (C=O) groups is 1. The van der Waals surface area contributed by atoms with Crippen molar-refractivity contribution in [2.45, 2.75) is 33.1 Å². The zero-order chi connectivity index (χ0) is 21.8. The van der Waals surface area contributed by atoms with Gasteiger partial charge >= 0.3 is 0 Å². The molecule has 0 saturated carbocycles. The number of anilines is 1. The van der Waals surface area contributed by atoms with Crippen molar-refractivity contribution in [3.63, 3.8) is 0 Å². The van der Waals surface area contributed by atoms with E-state index in [0.717, 1.165) is 38.5 Å². The Bertz CT molecular complexity index is 1160. The third-order valence-electron chi connectivity index (χ3n) is 5.56. The van der Waals surface area contributed by atoms with Crippen molar-refractivity contribution in [1.29, 1.82) is 0 Å². The zero-order valence-electron chi connectivity index (χ0n) is 18.0. The Kier molecular flexibility index (Phi) is 6.33. The number of fused-ring (bicyclic) bond motifs is 1. The molecule has 31 heavy (non-hydrogen) atoms.